The predicted molar refractivity (Wildman–Crippen MR) is 95.3 cm³/mol. The molecule has 2 aromatic rings. The molecule has 0 atom stereocenters. The van der Waals surface area contributed by atoms with Gasteiger partial charge in [-0.05, 0) is 26.0 Å². The van der Waals surface area contributed by atoms with Crippen molar-refractivity contribution in [3.63, 3.8) is 0 Å². The van der Waals surface area contributed by atoms with E-state index in [9.17, 15) is 9.59 Å². The number of hydrazine groups is 1. The maximum atomic E-state index is 12.0. The number of ether oxygens (including phenoxy) is 1. The molecular weight excluding hydrogens is 360 g/mol. The highest BCUT2D eigenvalue weighted by molar-refractivity contribution is 6.29. The molecule has 10 heteroatoms. The number of rotatable bonds is 2. The van der Waals surface area contributed by atoms with Gasteiger partial charge in [-0.15, -0.1) is 0 Å². The Morgan fingerprint density at radius 1 is 1.35 bits per heavy atom. The van der Waals surface area contributed by atoms with Crippen molar-refractivity contribution in [2.24, 2.45) is 0 Å². The van der Waals surface area contributed by atoms with E-state index in [1.807, 2.05) is 0 Å². The van der Waals surface area contributed by atoms with Gasteiger partial charge in [0.2, 0.25) is 0 Å². The number of nitrogens with zero attached hydrogens (tertiary/aromatic N) is 3. The molecule has 4 rings (SSSR count). The van der Waals surface area contributed by atoms with Crippen molar-refractivity contribution < 1.29 is 14.3 Å². The van der Waals surface area contributed by atoms with E-state index in [2.05, 4.69) is 26.0 Å². The zero-order valence-electron chi connectivity index (χ0n) is 14.0. The molecule has 2 aliphatic rings. The lowest BCUT2D eigenvalue weighted by Crippen LogP contribution is -2.47. The first-order valence-electron chi connectivity index (χ1n) is 7.83. The molecule has 0 spiro atoms. The summed E-state index contributed by atoms with van der Waals surface area (Å²) in [5, 5.41) is 7.40. The van der Waals surface area contributed by atoms with E-state index in [1.165, 1.54) is 6.20 Å². The Kier molecular flexibility index (Phi) is 3.62. The van der Waals surface area contributed by atoms with Crippen LogP contribution in [0.25, 0.3) is 0 Å². The third-order valence-electron chi connectivity index (χ3n) is 4.03. The molecule has 4 heterocycles. The number of hydrogen-bond acceptors (Lipinski definition) is 7. The second-order valence-corrected chi connectivity index (χ2v) is 6.73. The Morgan fingerprint density at radius 3 is 2.96 bits per heavy atom. The summed E-state index contributed by atoms with van der Waals surface area (Å²) in [5.41, 5.74) is 3.10. The van der Waals surface area contributed by atoms with Gasteiger partial charge in [0, 0.05) is 12.3 Å². The number of carbonyl (C=O) groups is 2. The van der Waals surface area contributed by atoms with Crippen LogP contribution in [0.15, 0.2) is 24.4 Å². The summed E-state index contributed by atoms with van der Waals surface area (Å²) in [5.74, 6) is 0.766. The minimum absolute atomic E-state index is 0.209. The van der Waals surface area contributed by atoms with Crippen LogP contribution in [-0.4, -0.2) is 34.1 Å². The van der Waals surface area contributed by atoms with Gasteiger partial charge in [-0.1, -0.05) is 11.6 Å². The van der Waals surface area contributed by atoms with Gasteiger partial charge in [-0.3, -0.25) is 20.0 Å². The topological polar surface area (TPSA) is 108 Å². The van der Waals surface area contributed by atoms with Gasteiger partial charge in [-0.25, -0.2) is 9.97 Å². The van der Waals surface area contributed by atoms with Gasteiger partial charge in [0.05, 0.1) is 11.3 Å². The largest absolute Gasteiger partial charge is 0.474 e. The number of aromatic nitrogens is 2. The van der Waals surface area contributed by atoms with E-state index in [1.54, 1.807) is 37.1 Å². The van der Waals surface area contributed by atoms with Gasteiger partial charge < -0.3 is 15.4 Å². The van der Waals surface area contributed by atoms with Crippen LogP contribution in [0.5, 0.6) is 5.75 Å². The predicted octanol–water partition coefficient (Wildman–Crippen LogP) is 1.77. The quantitative estimate of drug-likeness (QED) is 0.687. The minimum atomic E-state index is -0.955. The lowest BCUT2D eigenvalue weighted by molar-refractivity contribution is -0.129. The molecule has 0 fully saturated rings. The number of hydrogen-bond donors (Lipinski definition) is 3. The fraction of sp³-hybridized carbons (Fsp3) is 0.250. The average molecular weight is 375 g/mol. The Hall–Kier alpha value is -3.07. The standard InChI is InChI=1S/C16H15ClN6O3/c1-16(2)15(25)21-13-10(26-16)3-4-12(20-13)22-23-7-19-14(24)8-6-18-11(17)5-9(8)23/h3-6H,7H2,1-2H3,(H,19,24)(H2,20,21,22,25). The van der Waals surface area contributed by atoms with E-state index >= 15 is 0 Å². The third-order valence-corrected chi connectivity index (χ3v) is 4.24. The van der Waals surface area contributed by atoms with E-state index in [4.69, 9.17) is 16.3 Å². The molecular formula is C16H15ClN6O3. The molecule has 9 nitrogen and oxygen atoms in total. The Morgan fingerprint density at radius 2 is 2.15 bits per heavy atom. The van der Waals surface area contributed by atoms with Crippen molar-refractivity contribution in [1.29, 1.82) is 0 Å². The molecule has 0 unspecified atom stereocenters. The van der Waals surface area contributed by atoms with Crippen LogP contribution in [-0.2, 0) is 4.79 Å². The molecule has 0 bridgehead atoms. The summed E-state index contributed by atoms with van der Waals surface area (Å²) in [7, 11) is 0. The number of fused-ring (bicyclic) bond motifs is 2. The molecule has 2 aromatic heterocycles. The third kappa shape index (κ3) is 2.76. The summed E-state index contributed by atoms with van der Waals surface area (Å²) in [6.07, 6.45) is 1.41. The zero-order valence-corrected chi connectivity index (χ0v) is 14.7. The molecule has 0 radical (unpaired) electrons. The normalized spacial score (nSPS) is 17.4. The van der Waals surface area contributed by atoms with Gasteiger partial charge in [0.25, 0.3) is 11.8 Å². The Labute approximate surface area is 153 Å². The number of nitrogens with one attached hydrogen (secondary N) is 3. The van der Waals surface area contributed by atoms with Crippen LogP contribution in [0.3, 0.4) is 0 Å². The first kappa shape index (κ1) is 16.4. The average Bonchev–Trinajstić information content (AvgIpc) is 2.58. The molecule has 26 heavy (non-hydrogen) atoms. The second kappa shape index (κ2) is 5.73. The number of pyridine rings is 2. The number of anilines is 3. The van der Waals surface area contributed by atoms with Crippen LogP contribution in [0.4, 0.5) is 17.3 Å². The lowest BCUT2D eigenvalue weighted by Gasteiger charge is -2.33. The van der Waals surface area contributed by atoms with Crippen molar-refractivity contribution in [1.82, 2.24) is 15.3 Å². The second-order valence-electron chi connectivity index (χ2n) is 6.34. The molecule has 3 N–H and O–H groups in total. The van der Waals surface area contributed by atoms with Crippen LogP contribution in [0.1, 0.15) is 24.2 Å². The van der Waals surface area contributed by atoms with E-state index in [0.717, 1.165) is 0 Å². The van der Waals surface area contributed by atoms with Crippen LogP contribution >= 0.6 is 11.6 Å². The maximum Gasteiger partial charge on any atom is 0.269 e. The summed E-state index contributed by atoms with van der Waals surface area (Å²) < 4.78 is 5.66. The molecule has 2 amide bonds. The zero-order chi connectivity index (χ0) is 18.5. The molecule has 134 valence electrons. The summed E-state index contributed by atoms with van der Waals surface area (Å²) in [6.45, 7) is 3.58. The molecule has 0 aromatic carbocycles. The van der Waals surface area contributed by atoms with Crippen molar-refractivity contribution in [3.8, 4) is 5.75 Å². The summed E-state index contributed by atoms with van der Waals surface area (Å²) in [4.78, 5) is 32.3. The van der Waals surface area contributed by atoms with Crippen LogP contribution in [0, 0.1) is 0 Å². The van der Waals surface area contributed by atoms with Gasteiger partial charge in [0.15, 0.2) is 17.2 Å². The number of halogens is 1. The summed E-state index contributed by atoms with van der Waals surface area (Å²) in [6, 6.07) is 5.02. The van der Waals surface area contributed by atoms with E-state index < -0.39 is 5.60 Å². The van der Waals surface area contributed by atoms with Crippen molar-refractivity contribution in [2.75, 3.05) is 22.4 Å². The smallest absolute Gasteiger partial charge is 0.269 e. The monoisotopic (exact) mass is 374 g/mol. The van der Waals surface area contributed by atoms with E-state index in [-0.39, 0.29) is 23.6 Å². The fourth-order valence-corrected chi connectivity index (χ4v) is 2.80. The Bertz CT molecular complexity index is 932. The Balaban J connectivity index is 1.63. The highest BCUT2D eigenvalue weighted by atomic mass is 35.5. The molecule has 0 aliphatic carbocycles. The highest BCUT2D eigenvalue weighted by Gasteiger charge is 2.36. The molecule has 0 saturated heterocycles. The van der Waals surface area contributed by atoms with Crippen molar-refractivity contribution >= 4 is 40.7 Å². The SMILES string of the molecule is CC1(C)Oc2ccc(NN3CNC(=O)c4cnc(Cl)cc43)nc2NC1=O. The lowest BCUT2D eigenvalue weighted by atomic mass is 10.1. The first-order chi connectivity index (χ1) is 12.3. The molecule has 2 aliphatic heterocycles. The maximum absolute atomic E-state index is 12.0. The molecule has 0 saturated carbocycles. The van der Waals surface area contributed by atoms with Crippen molar-refractivity contribution in [2.45, 2.75) is 19.4 Å². The first-order valence-corrected chi connectivity index (χ1v) is 8.21. The van der Waals surface area contributed by atoms with Gasteiger partial charge >= 0.3 is 0 Å². The minimum Gasteiger partial charge on any atom is -0.474 e. The summed E-state index contributed by atoms with van der Waals surface area (Å²) >= 11 is 5.95. The van der Waals surface area contributed by atoms with Gasteiger partial charge in [0.1, 0.15) is 17.6 Å². The van der Waals surface area contributed by atoms with Crippen LogP contribution < -0.4 is 25.8 Å². The van der Waals surface area contributed by atoms with E-state index in [0.29, 0.717) is 28.6 Å². The van der Waals surface area contributed by atoms with Crippen LogP contribution in [0.2, 0.25) is 5.15 Å². The van der Waals surface area contributed by atoms with Crippen molar-refractivity contribution in [3.05, 3.63) is 35.1 Å². The van der Waals surface area contributed by atoms with Gasteiger partial charge in [-0.2, -0.15) is 0 Å². The number of amides is 2. The number of carbonyl (C=O) groups excluding carboxylic acids is 2. The fourth-order valence-electron chi connectivity index (χ4n) is 2.65. The highest BCUT2D eigenvalue weighted by Crippen LogP contribution is 2.33.